The number of nitrogens with zero attached hydrogens (tertiary/aromatic N) is 2. The van der Waals surface area contributed by atoms with Gasteiger partial charge in [0.25, 0.3) is 5.91 Å². The molecule has 1 saturated carbocycles. The lowest BCUT2D eigenvalue weighted by Gasteiger charge is -2.24. The molecule has 1 unspecified atom stereocenters. The topological polar surface area (TPSA) is 61.0 Å². The van der Waals surface area contributed by atoms with Crippen molar-refractivity contribution in [2.75, 3.05) is 13.1 Å². The first kappa shape index (κ1) is 18.1. The van der Waals surface area contributed by atoms with Gasteiger partial charge in [-0.2, -0.15) is 0 Å². The van der Waals surface area contributed by atoms with E-state index in [1.165, 1.54) is 30.2 Å². The summed E-state index contributed by atoms with van der Waals surface area (Å²) in [7, 11) is 0. The van der Waals surface area contributed by atoms with Crippen LogP contribution in [0.1, 0.15) is 59.2 Å². The number of carbonyl (C=O) groups excluding carboxylic acids is 1. The number of hydrogen-bond donors (Lipinski definition) is 2. The maximum atomic E-state index is 13.1. The van der Waals surface area contributed by atoms with E-state index in [4.69, 9.17) is 4.98 Å². The SMILES string of the molecule is Cc1cc(-c2cnc3[nH]cc(C4CCNC4)c3c2)cc2c1C(=O)N([C@@H](C)C1CC1)C2. The third kappa shape index (κ3) is 2.79. The molecule has 5 nitrogen and oxygen atoms in total. The molecule has 0 radical (unpaired) electrons. The van der Waals surface area contributed by atoms with Crippen molar-refractivity contribution in [3.8, 4) is 11.1 Å². The first-order chi connectivity index (χ1) is 14.6. The minimum Gasteiger partial charge on any atom is -0.346 e. The van der Waals surface area contributed by atoms with Crippen molar-refractivity contribution in [2.24, 2.45) is 5.92 Å². The van der Waals surface area contributed by atoms with Crippen molar-refractivity contribution >= 4 is 16.9 Å². The predicted molar refractivity (Wildman–Crippen MR) is 119 cm³/mol. The monoisotopic (exact) mass is 400 g/mol. The maximum Gasteiger partial charge on any atom is 0.255 e. The quantitative estimate of drug-likeness (QED) is 0.684. The summed E-state index contributed by atoms with van der Waals surface area (Å²) < 4.78 is 0. The number of H-pyrrole nitrogens is 1. The van der Waals surface area contributed by atoms with Crippen LogP contribution in [-0.2, 0) is 6.54 Å². The van der Waals surface area contributed by atoms with Crippen LogP contribution < -0.4 is 5.32 Å². The van der Waals surface area contributed by atoms with Crippen LogP contribution in [0.5, 0.6) is 0 Å². The van der Waals surface area contributed by atoms with Gasteiger partial charge < -0.3 is 15.2 Å². The van der Waals surface area contributed by atoms with Crippen LogP contribution in [0.15, 0.2) is 30.6 Å². The Bertz CT molecular complexity index is 1150. The van der Waals surface area contributed by atoms with Crippen molar-refractivity contribution < 1.29 is 4.79 Å². The van der Waals surface area contributed by atoms with Crippen LogP contribution in [0.25, 0.3) is 22.2 Å². The second-order valence-electron chi connectivity index (χ2n) is 9.39. The van der Waals surface area contributed by atoms with Crippen molar-refractivity contribution in [3.05, 3.63) is 52.8 Å². The Kier molecular flexibility index (Phi) is 4.03. The summed E-state index contributed by atoms with van der Waals surface area (Å²) in [5, 5.41) is 4.69. The lowest BCUT2D eigenvalue weighted by molar-refractivity contribution is 0.0697. The van der Waals surface area contributed by atoms with Gasteiger partial charge in [-0.15, -0.1) is 0 Å². The molecular weight excluding hydrogens is 372 g/mol. The number of aryl methyl sites for hydroxylation is 1. The van der Waals surface area contributed by atoms with E-state index in [0.29, 0.717) is 17.9 Å². The number of aromatic nitrogens is 2. The largest absolute Gasteiger partial charge is 0.346 e. The summed E-state index contributed by atoms with van der Waals surface area (Å²) in [5.41, 5.74) is 7.76. The van der Waals surface area contributed by atoms with E-state index in [9.17, 15) is 4.79 Å². The van der Waals surface area contributed by atoms with Gasteiger partial charge in [-0.25, -0.2) is 4.98 Å². The predicted octanol–water partition coefficient (Wildman–Crippen LogP) is 4.37. The van der Waals surface area contributed by atoms with E-state index >= 15 is 0 Å². The van der Waals surface area contributed by atoms with Gasteiger partial charge in [-0.3, -0.25) is 4.79 Å². The smallest absolute Gasteiger partial charge is 0.255 e. The fraction of sp³-hybridized carbons (Fsp3) is 0.440. The molecule has 2 fully saturated rings. The Morgan fingerprint density at radius 1 is 1.17 bits per heavy atom. The molecule has 3 aromatic rings. The average molecular weight is 401 g/mol. The molecule has 30 heavy (non-hydrogen) atoms. The fourth-order valence-corrected chi connectivity index (χ4v) is 5.46. The number of nitrogens with one attached hydrogen (secondary N) is 2. The van der Waals surface area contributed by atoms with Crippen LogP contribution in [0.2, 0.25) is 0 Å². The number of hydrogen-bond acceptors (Lipinski definition) is 3. The van der Waals surface area contributed by atoms with Gasteiger partial charge in [0.15, 0.2) is 0 Å². The summed E-state index contributed by atoms with van der Waals surface area (Å²) in [6.45, 7) is 7.13. The molecule has 2 atom stereocenters. The Morgan fingerprint density at radius 3 is 2.80 bits per heavy atom. The highest BCUT2D eigenvalue weighted by atomic mass is 16.2. The standard InChI is InChI=1S/C25H28N4O/c1-14-7-18(8-20-13-29(25(30)23(14)20)15(2)16-3-4-16)19-9-21-22(17-5-6-26-10-17)12-28-24(21)27-11-19/h7-9,11-12,15-17,26H,3-6,10,13H2,1-2H3,(H,27,28)/t15-,17?/m0/s1. The number of amides is 1. The van der Waals surface area contributed by atoms with Gasteiger partial charge in [0.2, 0.25) is 0 Å². The third-order valence-corrected chi connectivity index (χ3v) is 7.43. The molecule has 1 aliphatic carbocycles. The second-order valence-corrected chi connectivity index (χ2v) is 9.39. The first-order valence-corrected chi connectivity index (χ1v) is 11.2. The van der Waals surface area contributed by atoms with Gasteiger partial charge >= 0.3 is 0 Å². The molecule has 3 aliphatic rings. The Labute approximate surface area is 176 Å². The minimum absolute atomic E-state index is 0.212. The van der Waals surface area contributed by atoms with Gasteiger partial charge in [0.1, 0.15) is 5.65 Å². The van der Waals surface area contributed by atoms with Gasteiger partial charge in [0, 0.05) is 48.0 Å². The highest BCUT2D eigenvalue weighted by molar-refractivity contribution is 6.01. The number of rotatable bonds is 4. The Hall–Kier alpha value is -2.66. The fourth-order valence-electron chi connectivity index (χ4n) is 5.46. The molecule has 2 aliphatic heterocycles. The van der Waals surface area contributed by atoms with Gasteiger partial charge in [-0.05, 0) is 85.9 Å². The molecule has 5 heteroatoms. The average Bonchev–Trinajstić information content (AvgIpc) is 3.14. The van der Waals surface area contributed by atoms with E-state index in [0.717, 1.165) is 53.1 Å². The molecule has 6 rings (SSSR count). The zero-order chi connectivity index (χ0) is 20.4. The number of pyridine rings is 1. The minimum atomic E-state index is 0.212. The van der Waals surface area contributed by atoms with E-state index in [1.807, 2.05) is 6.20 Å². The normalized spacial score (nSPS) is 22.1. The lowest BCUT2D eigenvalue weighted by atomic mass is 9.94. The summed E-state index contributed by atoms with van der Waals surface area (Å²) in [6, 6.07) is 6.99. The summed E-state index contributed by atoms with van der Waals surface area (Å²) in [5.74, 6) is 1.45. The number of fused-ring (bicyclic) bond motifs is 2. The molecule has 0 bridgehead atoms. The van der Waals surface area contributed by atoms with E-state index in [2.05, 4.69) is 53.4 Å². The highest BCUT2D eigenvalue weighted by Crippen LogP contribution is 2.40. The molecule has 2 N–H and O–H groups in total. The zero-order valence-electron chi connectivity index (χ0n) is 17.7. The molecule has 154 valence electrons. The number of aromatic amines is 1. The summed E-state index contributed by atoms with van der Waals surface area (Å²) in [6.07, 6.45) is 7.77. The van der Waals surface area contributed by atoms with Gasteiger partial charge in [-0.1, -0.05) is 6.07 Å². The van der Waals surface area contributed by atoms with E-state index < -0.39 is 0 Å². The molecule has 0 spiro atoms. The lowest BCUT2D eigenvalue weighted by Crippen LogP contribution is -2.34. The zero-order valence-corrected chi connectivity index (χ0v) is 17.7. The van der Waals surface area contributed by atoms with Crippen LogP contribution in [0, 0.1) is 12.8 Å². The molecular formula is C25H28N4O. The molecule has 1 aromatic carbocycles. The summed E-state index contributed by atoms with van der Waals surface area (Å²) in [4.78, 5) is 23.2. The molecule has 4 heterocycles. The van der Waals surface area contributed by atoms with Crippen LogP contribution >= 0.6 is 0 Å². The van der Waals surface area contributed by atoms with E-state index in [-0.39, 0.29) is 5.91 Å². The van der Waals surface area contributed by atoms with Gasteiger partial charge in [0.05, 0.1) is 0 Å². The van der Waals surface area contributed by atoms with Crippen molar-refractivity contribution in [1.29, 1.82) is 0 Å². The van der Waals surface area contributed by atoms with Crippen molar-refractivity contribution in [1.82, 2.24) is 20.2 Å². The van der Waals surface area contributed by atoms with Crippen molar-refractivity contribution in [3.63, 3.8) is 0 Å². The third-order valence-electron chi connectivity index (χ3n) is 7.43. The Balaban J connectivity index is 1.38. The molecule has 2 aromatic heterocycles. The van der Waals surface area contributed by atoms with Crippen LogP contribution in [0.4, 0.5) is 0 Å². The highest BCUT2D eigenvalue weighted by Gasteiger charge is 2.39. The molecule has 1 amide bonds. The number of benzene rings is 1. The number of carbonyl (C=O) groups is 1. The van der Waals surface area contributed by atoms with Crippen LogP contribution in [-0.4, -0.2) is 39.9 Å². The Morgan fingerprint density at radius 2 is 2.03 bits per heavy atom. The molecule has 1 saturated heterocycles. The van der Waals surface area contributed by atoms with Crippen LogP contribution in [0.3, 0.4) is 0 Å². The second kappa shape index (κ2) is 6.67. The first-order valence-electron chi connectivity index (χ1n) is 11.2. The maximum absolute atomic E-state index is 13.1. The summed E-state index contributed by atoms with van der Waals surface area (Å²) >= 11 is 0. The van der Waals surface area contributed by atoms with Crippen molar-refractivity contribution in [2.45, 2.75) is 51.6 Å². The van der Waals surface area contributed by atoms with E-state index in [1.54, 1.807) is 0 Å².